The fourth-order valence-electron chi connectivity index (χ4n) is 3.46. The maximum Gasteiger partial charge on any atom is 0.410 e. The summed E-state index contributed by atoms with van der Waals surface area (Å²) < 4.78 is 10.4. The lowest BCUT2D eigenvalue weighted by Gasteiger charge is -2.27. The van der Waals surface area contributed by atoms with E-state index >= 15 is 0 Å². The summed E-state index contributed by atoms with van der Waals surface area (Å²) in [4.78, 5) is 27.0. The third-order valence-corrected chi connectivity index (χ3v) is 6.21. The largest absolute Gasteiger partial charge is 0.491 e. The van der Waals surface area contributed by atoms with Crippen LogP contribution in [0.15, 0.2) is 40.8 Å². The number of nitrogens with zero attached hydrogens (tertiary/aromatic N) is 2. The van der Waals surface area contributed by atoms with Crippen LogP contribution in [0.1, 0.15) is 18.9 Å². The lowest BCUT2D eigenvalue weighted by molar-refractivity contribution is -0.116. The van der Waals surface area contributed by atoms with Crippen LogP contribution in [0.3, 0.4) is 0 Å². The van der Waals surface area contributed by atoms with E-state index in [1.165, 1.54) is 17.8 Å². The molecule has 2 atom stereocenters. The number of carbonyl (C=O) groups excluding carboxylic acids is 2. The third kappa shape index (κ3) is 5.81. The highest BCUT2D eigenvalue weighted by molar-refractivity contribution is 8.04. The lowest BCUT2D eigenvalue weighted by atomic mass is 9.94. The van der Waals surface area contributed by atoms with E-state index in [1.807, 2.05) is 6.07 Å². The fourth-order valence-corrected chi connectivity index (χ4v) is 4.91. The second-order valence-corrected chi connectivity index (χ2v) is 8.19. The smallest absolute Gasteiger partial charge is 0.410 e. The molecule has 0 radical (unpaired) electrons. The number of benzene rings is 1. The number of carbonyl (C=O) groups is 2. The van der Waals surface area contributed by atoms with Crippen LogP contribution in [-0.4, -0.2) is 60.3 Å². The number of hydrogen-bond acceptors (Lipinski definition) is 7. The second kappa shape index (κ2) is 10.9. The molecule has 31 heavy (non-hydrogen) atoms. The molecule has 0 aliphatic carbocycles. The number of amides is 2. The standard InChI is InChI=1S/C22H25N3O5S/c1-2-29-22(28)25-9-8-17-18(13-23)21(31-19(17)14-25)24-20(27)7-6-15-4-3-5-16(12-15)30-11-10-26/h3-7,12,18,21,26H,2,8-11,14H2,1H3,(H,24,27)/b7-6+. The normalized spacial score (nSPS) is 20.4. The zero-order valence-electron chi connectivity index (χ0n) is 17.2. The third-order valence-electron chi connectivity index (χ3n) is 4.89. The average molecular weight is 444 g/mol. The summed E-state index contributed by atoms with van der Waals surface area (Å²) >= 11 is 1.43. The number of aliphatic hydroxyl groups is 1. The molecule has 9 heteroatoms. The zero-order chi connectivity index (χ0) is 22.2. The Bertz CT molecular complexity index is 924. The summed E-state index contributed by atoms with van der Waals surface area (Å²) in [6.07, 6.45) is 3.33. The van der Waals surface area contributed by atoms with Gasteiger partial charge in [-0.25, -0.2) is 4.79 Å². The quantitative estimate of drug-likeness (QED) is 0.623. The van der Waals surface area contributed by atoms with Crippen molar-refractivity contribution < 1.29 is 24.2 Å². The van der Waals surface area contributed by atoms with E-state index in [0.29, 0.717) is 31.9 Å². The SMILES string of the molecule is CCOC(=O)N1CCC2=C(C1)SC(NC(=O)/C=C/c1cccc(OCCO)c1)C2C#N. The molecule has 0 saturated heterocycles. The summed E-state index contributed by atoms with van der Waals surface area (Å²) in [5, 5.41) is 21.0. The number of nitrogens with one attached hydrogen (secondary N) is 1. The topological polar surface area (TPSA) is 112 Å². The van der Waals surface area contributed by atoms with E-state index in [1.54, 1.807) is 36.1 Å². The summed E-state index contributed by atoms with van der Waals surface area (Å²) in [5.74, 6) is -0.117. The highest BCUT2D eigenvalue weighted by Gasteiger charge is 2.39. The van der Waals surface area contributed by atoms with Crippen LogP contribution in [0.4, 0.5) is 4.79 Å². The second-order valence-electron chi connectivity index (χ2n) is 6.95. The van der Waals surface area contributed by atoms with E-state index in [0.717, 1.165) is 16.0 Å². The van der Waals surface area contributed by atoms with E-state index in [4.69, 9.17) is 14.6 Å². The predicted octanol–water partition coefficient (Wildman–Crippen LogP) is 2.52. The van der Waals surface area contributed by atoms with Crippen molar-refractivity contribution in [1.29, 1.82) is 5.26 Å². The Kier molecular flexibility index (Phi) is 7.98. The molecule has 1 aromatic carbocycles. The van der Waals surface area contributed by atoms with Crippen molar-refractivity contribution in [2.45, 2.75) is 18.7 Å². The van der Waals surface area contributed by atoms with Gasteiger partial charge in [-0.1, -0.05) is 12.1 Å². The first-order chi connectivity index (χ1) is 15.0. The van der Waals surface area contributed by atoms with Gasteiger partial charge in [0.2, 0.25) is 5.91 Å². The molecular weight excluding hydrogens is 418 g/mol. The van der Waals surface area contributed by atoms with Gasteiger partial charge in [0.1, 0.15) is 12.4 Å². The van der Waals surface area contributed by atoms with Gasteiger partial charge in [0.25, 0.3) is 0 Å². The van der Waals surface area contributed by atoms with Gasteiger partial charge in [-0.15, -0.1) is 11.8 Å². The Hall–Kier alpha value is -2.96. The molecule has 0 aromatic heterocycles. The van der Waals surface area contributed by atoms with E-state index in [2.05, 4.69) is 11.4 Å². The van der Waals surface area contributed by atoms with E-state index < -0.39 is 11.3 Å². The molecule has 2 heterocycles. The molecule has 2 aliphatic heterocycles. The van der Waals surface area contributed by atoms with Crippen LogP contribution in [0.2, 0.25) is 0 Å². The molecule has 0 fully saturated rings. The number of thioether (sulfide) groups is 1. The first-order valence-corrected chi connectivity index (χ1v) is 11.0. The minimum Gasteiger partial charge on any atom is -0.491 e. The van der Waals surface area contributed by atoms with Crippen molar-refractivity contribution in [1.82, 2.24) is 10.2 Å². The molecular formula is C22H25N3O5S. The molecule has 0 saturated carbocycles. The van der Waals surface area contributed by atoms with Crippen LogP contribution < -0.4 is 10.1 Å². The van der Waals surface area contributed by atoms with Crippen LogP contribution in [-0.2, 0) is 9.53 Å². The van der Waals surface area contributed by atoms with Crippen molar-refractivity contribution in [2.75, 3.05) is 32.9 Å². The van der Waals surface area contributed by atoms with Crippen LogP contribution >= 0.6 is 11.8 Å². The molecule has 0 spiro atoms. The lowest BCUT2D eigenvalue weighted by Crippen LogP contribution is -2.37. The highest BCUT2D eigenvalue weighted by atomic mass is 32.2. The number of rotatable bonds is 7. The monoisotopic (exact) mass is 443 g/mol. The van der Waals surface area contributed by atoms with Crippen molar-refractivity contribution in [3.8, 4) is 11.8 Å². The molecule has 8 nitrogen and oxygen atoms in total. The zero-order valence-corrected chi connectivity index (χ0v) is 18.1. The van der Waals surface area contributed by atoms with Gasteiger partial charge in [-0.3, -0.25) is 4.79 Å². The highest BCUT2D eigenvalue weighted by Crippen LogP contribution is 2.44. The number of nitriles is 1. The average Bonchev–Trinajstić information content (AvgIpc) is 3.12. The summed E-state index contributed by atoms with van der Waals surface area (Å²) in [6.45, 7) is 3.12. The minimum atomic E-state index is -0.420. The molecule has 2 unspecified atom stereocenters. The molecule has 1 aromatic rings. The summed E-state index contributed by atoms with van der Waals surface area (Å²) in [5.41, 5.74) is 1.78. The molecule has 3 rings (SSSR count). The number of aliphatic hydroxyl groups excluding tert-OH is 1. The van der Waals surface area contributed by atoms with Crippen LogP contribution in [0.5, 0.6) is 5.75 Å². The summed E-state index contributed by atoms with van der Waals surface area (Å²) in [6, 6.07) is 9.48. The minimum absolute atomic E-state index is 0.0723. The van der Waals surface area contributed by atoms with Crippen molar-refractivity contribution in [3.63, 3.8) is 0 Å². The van der Waals surface area contributed by atoms with Crippen molar-refractivity contribution >= 4 is 29.8 Å². The molecule has 2 N–H and O–H groups in total. The van der Waals surface area contributed by atoms with E-state index in [9.17, 15) is 14.9 Å². The van der Waals surface area contributed by atoms with Crippen LogP contribution in [0, 0.1) is 17.2 Å². The molecule has 164 valence electrons. The summed E-state index contributed by atoms with van der Waals surface area (Å²) in [7, 11) is 0. The Morgan fingerprint density at radius 3 is 3.03 bits per heavy atom. The first kappa shape index (κ1) is 22.7. The predicted molar refractivity (Wildman–Crippen MR) is 117 cm³/mol. The molecule has 2 amide bonds. The van der Waals surface area contributed by atoms with Crippen molar-refractivity contribution in [3.05, 3.63) is 46.4 Å². The number of hydrogen-bond donors (Lipinski definition) is 2. The molecule has 0 bridgehead atoms. The maximum absolute atomic E-state index is 12.5. The first-order valence-electron chi connectivity index (χ1n) is 10.1. The van der Waals surface area contributed by atoms with Gasteiger partial charge in [0, 0.05) is 17.5 Å². The fraction of sp³-hybridized carbons (Fsp3) is 0.409. The van der Waals surface area contributed by atoms with Gasteiger partial charge in [0.05, 0.1) is 37.1 Å². The van der Waals surface area contributed by atoms with Crippen LogP contribution in [0.25, 0.3) is 6.08 Å². The Labute approximate surface area is 185 Å². The Morgan fingerprint density at radius 1 is 1.45 bits per heavy atom. The Morgan fingerprint density at radius 2 is 2.29 bits per heavy atom. The van der Waals surface area contributed by atoms with Gasteiger partial charge in [-0.2, -0.15) is 5.26 Å². The van der Waals surface area contributed by atoms with Crippen molar-refractivity contribution in [2.24, 2.45) is 5.92 Å². The maximum atomic E-state index is 12.5. The number of ether oxygens (including phenoxy) is 2. The van der Waals surface area contributed by atoms with Gasteiger partial charge in [-0.05, 0) is 42.7 Å². The van der Waals surface area contributed by atoms with Gasteiger partial charge in [0.15, 0.2) is 0 Å². The Balaban J connectivity index is 1.59. The van der Waals surface area contributed by atoms with E-state index in [-0.39, 0.29) is 25.2 Å². The molecule has 2 aliphatic rings. The van der Waals surface area contributed by atoms with Gasteiger partial charge >= 0.3 is 6.09 Å². The van der Waals surface area contributed by atoms with Gasteiger partial charge < -0.3 is 24.8 Å².